The monoisotopic (exact) mass is 800 g/mol. The van der Waals surface area contributed by atoms with Crippen molar-refractivity contribution in [1.29, 1.82) is 0 Å². The zero-order valence-corrected chi connectivity index (χ0v) is 33.7. The fraction of sp³-hybridized carbons (Fsp3) is 0.442. The highest BCUT2D eigenvalue weighted by Crippen LogP contribution is 2.16. The summed E-state index contributed by atoms with van der Waals surface area (Å²) < 4.78 is 11.0. The van der Waals surface area contributed by atoms with E-state index in [-0.39, 0.29) is 31.3 Å². The fourth-order valence-corrected chi connectivity index (χ4v) is 6.18. The molecule has 0 fully saturated rings. The second-order valence-corrected chi connectivity index (χ2v) is 15.0. The molecular weight excluding hydrogens is 745 g/mol. The van der Waals surface area contributed by atoms with E-state index in [2.05, 4.69) is 31.9 Å². The quantitative estimate of drug-likeness (QED) is 0.127. The molecule has 5 rings (SSSR count). The minimum absolute atomic E-state index is 0.000303. The van der Waals surface area contributed by atoms with Crippen molar-refractivity contribution in [3.05, 3.63) is 102 Å². The van der Waals surface area contributed by atoms with Crippen molar-refractivity contribution < 1.29 is 43.3 Å². The number of ether oxygens (including phenoxy) is 2. The number of hydrogen-bond donors (Lipinski definition) is 7. The number of benzene rings is 3. The third-order valence-corrected chi connectivity index (χ3v) is 9.60. The summed E-state index contributed by atoms with van der Waals surface area (Å²) in [6, 6.07) is 19.4. The lowest BCUT2D eigenvalue weighted by molar-refractivity contribution is -0.137. The van der Waals surface area contributed by atoms with Crippen molar-refractivity contribution in [3.63, 3.8) is 0 Å². The summed E-state index contributed by atoms with van der Waals surface area (Å²) in [7, 11) is 0. The Balaban J connectivity index is 1.50. The molecule has 0 aliphatic carbocycles. The Bertz CT molecular complexity index is 1820. The smallest absolute Gasteiger partial charge is 0.408 e. The topological polar surface area (TPSA) is 213 Å². The van der Waals surface area contributed by atoms with Crippen LogP contribution in [-0.4, -0.2) is 90.2 Å². The third kappa shape index (κ3) is 13.9. The van der Waals surface area contributed by atoms with Gasteiger partial charge >= 0.3 is 6.09 Å². The molecule has 2 aliphatic rings. The van der Waals surface area contributed by atoms with Crippen molar-refractivity contribution in [2.75, 3.05) is 13.2 Å². The number of aliphatic hydroxyl groups excluding tert-OH is 1. The van der Waals surface area contributed by atoms with Crippen LogP contribution in [-0.2, 0) is 48.2 Å². The summed E-state index contributed by atoms with van der Waals surface area (Å²) in [4.78, 5) is 80.4. The number of aliphatic hydroxyl groups is 1. The number of alkyl carbamates (subject to hydrolysis) is 1. The van der Waals surface area contributed by atoms with Gasteiger partial charge in [0.1, 0.15) is 36.5 Å². The molecule has 15 heteroatoms. The molecule has 58 heavy (non-hydrogen) atoms. The minimum Gasteiger partial charge on any atom is -0.494 e. The number of hydrogen-bond acceptors (Lipinski definition) is 9. The van der Waals surface area contributed by atoms with Crippen LogP contribution in [0.3, 0.4) is 0 Å². The van der Waals surface area contributed by atoms with E-state index in [0.717, 1.165) is 5.56 Å². The Hall–Kier alpha value is -5.96. The Morgan fingerprint density at radius 2 is 1.43 bits per heavy atom. The van der Waals surface area contributed by atoms with Gasteiger partial charge in [-0.05, 0) is 60.4 Å². The molecule has 0 radical (unpaired) electrons. The molecule has 6 atom stereocenters. The van der Waals surface area contributed by atoms with Crippen molar-refractivity contribution in [3.8, 4) is 5.75 Å². The lowest BCUT2D eigenvalue weighted by atomic mass is 9.97. The molecular formula is C43H56N6O9. The number of rotatable bonds is 14. The summed E-state index contributed by atoms with van der Waals surface area (Å²) >= 11 is 0. The summed E-state index contributed by atoms with van der Waals surface area (Å²) in [5, 5.41) is 27.8. The Kier molecular flexibility index (Phi) is 17.1. The van der Waals surface area contributed by atoms with Crippen LogP contribution in [0.5, 0.6) is 5.75 Å². The van der Waals surface area contributed by atoms with Crippen molar-refractivity contribution >= 4 is 35.6 Å². The minimum atomic E-state index is -1.86. The number of fused-ring (bicyclic) bond motifs is 12. The van der Waals surface area contributed by atoms with Gasteiger partial charge in [0, 0.05) is 13.0 Å². The molecule has 0 aromatic heterocycles. The molecule has 3 aromatic rings. The third-order valence-electron chi connectivity index (χ3n) is 9.60. The van der Waals surface area contributed by atoms with Gasteiger partial charge in [0.2, 0.25) is 23.6 Å². The molecule has 6 amide bonds. The molecule has 312 valence electrons. The van der Waals surface area contributed by atoms with E-state index in [0.29, 0.717) is 36.4 Å². The first kappa shape index (κ1) is 44.8. The molecule has 2 heterocycles. The highest BCUT2D eigenvalue weighted by Gasteiger charge is 2.35. The molecule has 0 saturated heterocycles. The van der Waals surface area contributed by atoms with E-state index in [1.165, 1.54) is 6.92 Å². The first-order valence-corrected chi connectivity index (χ1v) is 19.6. The maximum absolute atomic E-state index is 13.9. The predicted octanol–water partition coefficient (Wildman–Crippen LogP) is 2.30. The van der Waals surface area contributed by atoms with Crippen LogP contribution in [0.25, 0.3) is 0 Å². The Labute approximate surface area is 339 Å². The average molecular weight is 801 g/mol. The molecule has 0 spiro atoms. The van der Waals surface area contributed by atoms with E-state index in [1.807, 2.05) is 6.07 Å². The molecule has 0 saturated carbocycles. The van der Waals surface area contributed by atoms with Crippen LogP contribution >= 0.6 is 0 Å². The van der Waals surface area contributed by atoms with E-state index in [9.17, 15) is 33.9 Å². The van der Waals surface area contributed by atoms with Crippen LogP contribution in [0, 0.1) is 11.8 Å². The highest BCUT2D eigenvalue weighted by molar-refractivity contribution is 5.94. The Morgan fingerprint density at radius 3 is 2.05 bits per heavy atom. The molecule has 3 aromatic carbocycles. The van der Waals surface area contributed by atoms with Gasteiger partial charge in [-0.15, -0.1) is 0 Å². The second kappa shape index (κ2) is 22.1. The second-order valence-electron chi connectivity index (χ2n) is 15.0. The Morgan fingerprint density at radius 1 is 0.793 bits per heavy atom. The number of amides is 6. The highest BCUT2D eigenvalue weighted by atomic mass is 16.5. The zero-order valence-electron chi connectivity index (χ0n) is 33.7. The lowest BCUT2D eigenvalue weighted by Gasteiger charge is -2.30. The zero-order chi connectivity index (χ0) is 42.2. The number of carbonyl (C=O) groups is 6. The van der Waals surface area contributed by atoms with Gasteiger partial charge in [0.25, 0.3) is 5.91 Å². The number of nitrogens with one attached hydrogen (secondary N) is 6. The van der Waals surface area contributed by atoms with E-state index < -0.39 is 72.0 Å². The van der Waals surface area contributed by atoms with Crippen LogP contribution in [0.15, 0.2) is 84.9 Å². The van der Waals surface area contributed by atoms with Gasteiger partial charge < -0.3 is 46.5 Å². The van der Waals surface area contributed by atoms with Crippen molar-refractivity contribution in [2.24, 2.45) is 11.8 Å². The van der Waals surface area contributed by atoms with E-state index >= 15 is 0 Å². The van der Waals surface area contributed by atoms with Crippen LogP contribution in [0.2, 0.25) is 0 Å². The summed E-state index contributed by atoms with van der Waals surface area (Å²) in [5.74, 6) is -3.44. The molecule has 7 N–H and O–H groups in total. The van der Waals surface area contributed by atoms with Gasteiger partial charge in [-0.2, -0.15) is 0 Å². The van der Waals surface area contributed by atoms with Gasteiger partial charge in [0.05, 0.1) is 12.6 Å². The first-order chi connectivity index (χ1) is 27.7. The standard InChI is InChI=1S/C43H56N6O9/c1-26(2)35-40(53)44-21-12-22-57-32-19-17-30(18-20-32)24-34(39(52)49-35)47-42(55)37(50)33(23-29-13-8-6-9-14-29)46-41(54)36(27(3)4)48-38(51)28(5)45-43(56)58-25-31-15-10-7-11-16-31/h6-11,13-20,26-28,33-37,50H,12,21-25H2,1-5H3,(H,44,53)(H,45,56)(H,46,54)(H,47,55)(H,48,51)(H,49,52)/t28-,33-,34-,35-,36-,37+/m0/s1. The largest absolute Gasteiger partial charge is 0.494 e. The van der Waals surface area contributed by atoms with Gasteiger partial charge in [-0.25, -0.2) is 4.79 Å². The van der Waals surface area contributed by atoms with Crippen LogP contribution < -0.4 is 36.6 Å². The normalized spacial score (nSPS) is 18.1. The van der Waals surface area contributed by atoms with Crippen molar-refractivity contribution in [2.45, 2.75) is 96.8 Å². The summed E-state index contributed by atoms with van der Waals surface area (Å²) in [5.41, 5.74) is 2.14. The molecule has 2 aliphatic heterocycles. The maximum atomic E-state index is 13.9. The van der Waals surface area contributed by atoms with Crippen molar-refractivity contribution in [1.82, 2.24) is 31.9 Å². The number of carbonyl (C=O) groups excluding carboxylic acids is 6. The average Bonchev–Trinajstić information content (AvgIpc) is 3.21. The van der Waals surface area contributed by atoms with Gasteiger partial charge in [0.15, 0.2) is 6.10 Å². The van der Waals surface area contributed by atoms with Crippen LogP contribution in [0.1, 0.15) is 57.7 Å². The summed E-state index contributed by atoms with van der Waals surface area (Å²) in [6.07, 6.45) is -2.10. The van der Waals surface area contributed by atoms with E-state index in [1.54, 1.807) is 107 Å². The molecule has 2 bridgehead atoms. The fourth-order valence-electron chi connectivity index (χ4n) is 6.18. The first-order valence-electron chi connectivity index (χ1n) is 19.6. The van der Waals surface area contributed by atoms with Crippen LogP contribution in [0.4, 0.5) is 4.79 Å². The lowest BCUT2D eigenvalue weighted by Crippen LogP contribution is -2.61. The molecule has 0 unspecified atom stereocenters. The molecule has 15 nitrogen and oxygen atoms in total. The van der Waals surface area contributed by atoms with E-state index in [4.69, 9.17) is 9.47 Å². The van der Waals surface area contributed by atoms with Gasteiger partial charge in [-0.3, -0.25) is 24.0 Å². The maximum Gasteiger partial charge on any atom is 0.408 e. The SMILES string of the molecule is CC(C)[C@H](NC(=O)[C@H](C)NC(=O)OCc1ccccc1)C(=O)N[C@@H](Cc1ccccc1)[C@@H](O)C(=O)N[C@H]1Cc2ccc(cc2)OCCCNC(=O)[C@H](C(C)C)NC1=O. The van der Waals surface area contributed by atoms with Gasteiger partial charge in [-0.1, -0.05) is 100 Å². The predicted molar refractivity (Wildman–Crippen MR) is 216 cm³/mol. The summed E-state index contributed by atoms with van der Waals surface area (Å²) in [6.45, 7) is 9.16.